The minimum Gasteiger partial charge on any atom is -0.289 e. The molecule has 0 radical (unpaired) electrons. The van der Waals surface area contributed by atoms with E-state index in [4.69, 9.17) is 0 Å². The molecule has 0 bridgehead atoms. The highest BCUT2D eigenvalue weighted by Gasteiger charge is 2.03. The number of allylic oxidation sites excluding steroid dienone is 3. The molecule has 0 unspecified atom stereocenters. The van der Waals surface area contributed by atoms with Gasteiger partial charge >= 0.3 is 0 Å². The van der Waals surface area contributed by atoms with Gasteiger partial charge in [-0.3, -0.25) is 9.78 Å². The molecule has 0 saturated carbocycles. The van der Waals surface area contributed by atoms with Crippen LogP contribution in [-0.2, 0) is 0 Å². The SMILES string of the molecule is C/C=C(C)\C=C/c1ccc2ncc(-c3ccccc3)cc2c(=O)c1.CCC(C)C. The van der Waals surface area contributed by atoms with E-state index in [0.717, 1.165) is 28.2 Å². The second-order valence-corrected chi connectivity index (χ2v) is 7.53. The smallest absolute Gasteiger partial charge is 0.188 e. The summed E-state index contributed by atoms with van der Waals surface area (Å²) in [5.41, 5.74) is 4.73. The van der Waals surface area contributed by atoms with E-state index in [0.29, 0.717) is 10.9 Å². The third-order valence-electron chi connectivity index (χ3n) is 4.83. The van der Waals surface area contributed by atoms with Gasteiger partial charge in [-0.1, -0.05) is 87.4 Å². The van der Waals surface area contributed by atoms with Crippen LogP contribution in [0.1, 0.15) is 46.6 Å². The summed E-state index contributed by atoms with van der Waals surface area (Å²) in [4.78, 5) is 17.1. The average molecular weight is 386 g/mol. The van der Waals surface area contributed by atoms with Crippen molar-refractivity contribution in [3.63, 3.8) is 0 Å². The normalized spacial score (nSPS) is 11.6. The van der Waals surface area contributed by atoms with Crippen LogP contribution in [0, 0.1) is 5.92 Å². The van der Waals surface area contributed by atoms with Crippen LogP contribution in [0.25, 0.3) is 28.1 Å². The van der Waals surface area contributed by atoms with E-state index in [1.165, 1.54) is 6.42 Å². The number of pyridine rings is 1. The summed E-state index contributed by atoms with van der Waals surface area (Å²) in [6.07, 6.45) is 9.11. The van der Waals surface area contributed by atoms with Gasteiger partial charge in [-0.15, -0.1) is 0 Å². The molecule has 29 heavy (non-hydrogen) atoms. The molecule has 150 valence electrons. The Bertz CT molecular complexity index is 1050. The van der Waals surface area contributed by atoms with E-state index in [1.54, 1.807) is 6.07 Å². The lowest BCUT2D eigenvalue weighted by Crippen LogP contribution is -1.97. The predicted molar refractivity (Wildman–Crippen MR) is 127 cm³/mol. The molecule has 0 fully saturated rings. The zero-order valence-electron chi connectivity index (χ0n) is 18.1. The maximum atomic E-state index is 12.6. The quantitative estimate of drug-likeness (QED) is 0.441. The first-order valence-corrected chi connectivity index (χ1v) is 10.2. The lowest BCUT2D eigenvalue weighted by atomic mass is 10.1. The van der Waals surface area contributed by atoms with Gasteiger partial charge in [-0.05, 0) is 49.1 Å². The van der Waals surface area contributed by atoms with Crippen LogP contribution in [0.2, 0.25) is 0 Å². The van der Waals surface area contributed by atoms with E-state index < -0.39 is 0 Å². The first kappa shape index (κ1) is 22.3. The van der Waals surface area contributed by atoms with Crippen LogP contribution in [0.4, 0.5) is 0 Å². The van der Waals surface area contributed by atoms with Crippen molar-refractivity contribution < 1.29 is 0 Å². The third kappa shape index (κ3) is 6.83. The van der Waals surface area contributed by atoms with Crippen molar-refractivity contribution in [3.8, 4) is 11.1 Å². The van der Waals surface area contributed by atoms with Gasteiger partial charge in [-0.25, -0.2) is 0 Å². The molecule has 1 heterocycles. The molecular formula is C27H31NO. The number of hydrogen-bond donors (Lipinski definition) is 0. The second kappa shape index (κ2) is 11.1. The molecule has 0 amide bonds. The van der Waals surface area contributed by atoms with Gasteiger partial charge in [0.1, 0.15) is 0 Å². The second-order valence-electron chi connectivity index (χ2n) is 7.53. The summed E-state index contributed by atoms with van der Waals surface area (Å²) in [6, 6.07) is 17.4. The molecule has 0 spiro atoms. The summed E-state index contributed by atoms with van der Waals surface area (Å²) in [5, 5.41) is 0.638. The molecule has 1 aromatic heterocycles. The van der Waals surface area contributed by atoms with Crippen LogP contribution in [-0.4, -0.2) is 4.98 Å². The average Bonchev–Trinajstić information content (AvgIpc) is 2.91. The molecule has 2 aromatic carbocycles. The van der Waals surface area contributed by atoms with Crippen molar-refractivity contribution in [2.24, 2.45) is 5.92 Å². The Morgan fingerprint density at radius 3 is 2.34 bits per heavy atom. The fourth-order valence-corrected chi connectivity index (χ4v) is 2.47. The largest absolute Gasteiger partial charge is 0.289 e. The van der Waals surface area contributed by atoms with Gasteiger partial charge in [0.2, 0.25) is 0 Å². The molecule has 0 atom stereocenters. The highest BCUT2D eigenvalue weighted by Crippen LogP contribution is 2.20. The monoisotopic (exact) mass is 385 g/mol. The lowest BCUT2D eigenvalue weighted by molar-refractivity contribution is 0.626. The molecule has 0 saturated heterocycles. The van der Waals surface area contributed by atoms with Crippen molar-refractivity contribution in [1.29, 1.82) is 0 Å². The van der Waals surface area contributed by atoms with Crippen molar-refractivity contribution in [3.05, 3.63) is 94.3 Å². The summed E-state index contributed by atoms with van der Waals surface area (Å²) in [5.74, 6) is 0.884. The van der Waals surface area contributed by atoms with Crippen molar-refractivity contribution in [2.75, 3.05) is 0 Å². The Hall–Kier alpha value is -3.00. The number of nitrogens with zero attached hydrogens (tertiary/aromatic N) is 1. The maximum absolute atomic E-state index is 12.6. The first-order valence-electron chi connectivity index (χ1n) is 10.2. The number of aromatic nitrogens is 1. The Kier molecular flexibility index (Phi) is 8.54. The molecule has 2 nitrogen and oxygen atoms in total. The third-order valence-corrected chi connectivity index (χ3v) is 4.83. The summed E-state index contributed by atoms with van der Waals surface area (Å²) >= 11 is 0. The summed E-state index contributed by atoms with van der Waals surface area (Å²) in [6.45, 7) is 10.7. The van der Waals surface area contributed by atoms with Gasteiger partial charge in [0, 0.05) is 17.1 Å². The lowest BCUT2D eigenvalue weighted by Gasteiger charge is -2.01. The van der Waals surface area contributed by atoms with Crippen molar-refractivity contribution in [1.82, 2.24) is 4.98 Å². The van der Waals surface area contributed by atoms with E-state index in [-0.39, 0.29) is 5.43 Å². The fraction of sp³-hybridized carbons (Fsp3) is 0.259. The van der Waals surface area contributed by atoms with Crippen LogP contribution in [0.3, 0.4) is 0 Å². The molecule has 0 aliphatic carbocycles. The van der Waals surface area contributed by atoms with E-state index in [2.05, 4.69) is 25.8 Å². The van der Waals surface area contributed by atoms with Crippen LogP contribution < -0.4 is 5.43 Å². The zero-order valence-corrected chi connectivity index (χ0v) is 18.1. The topological polar surface area (TPSA) is 30.0 Å². The Labute approximate surface area is 174 Å². The standard InChI is InChI=1S/C22H19NO.C5H12/c1-3-16(2)9-10-17-11-12-21-20(22(24)13-17)14-19(15-23-21)18-7-5-4-6-8-18;1-4-5(2)3/h3-15H,1-2H3;5H,4H2,1-3H3/b10-9-,16-3-;. The fourth-order valence-electron chi connectivity index (χ4n) is 2.47. The minimum absolute atomic E-state index is 0.0157. The van der Waals surface area contributed by atoms with Crippen molar-refractivity contribution >= 4 is 17.0 Å². The van der Waals surface area contributed by atoms with E-state index in [9.17, 15) is 4.79 Å². The number of rotatable bonds is 4. The first-order chi connectivity index (χ1) is 13.9. The highest BCUT2D eigenvalue weighted by atomic mass is 16.1. The Balaban J connectivity index is 0.000000537. The van der Waals surface area contributed by atoms with Gasteiger partial charge < -0.3 is 0 Å². The predicted octanol–water partition coefficient (Wildman–Crippen LogP) is 7.29. The molecule has 0 N–H and O–H groups in total. The van der Waals surface area contributed by atoms with E-state index >= 15 is 0 Å². The van der Waals surface area contributed by atoms with Gasteiger partial charge in [-0.2, -0.15) is 0 Å². The van der Waals surface area contributed by atoms with Crippen molar-refractivity contribution in [2.45, 2.75) is 41.0 Å². The molecular weight excluding hydrogens is 354 g/mol. The molecule has 2 heteroatoms. The molecule has 3 rings (SSSR count). The van der Waals surface area contributed by atoms with Crippen LogP contribution >= 0.6 is 0 Å². The minimum atomic E-state index is -0.0157. The zero-order chi connectivity index (χ0) is 21.2. The van der Waals surface area contributed by atoms with Gasteiger partial charge in [0.05, 0.1) is 5.52 Å². The van der Waals surface area contributed by atoms with E-state index in [1.807, 2.05) is 86.8 Å². The van der Waals surface area contributed by atoms with Crippen LogP contribution in [0.15, 0.2) is 83.3 Å². The Morgan fingerprint density at radius 2 is 1.72 bits per heavy atom. The van der Waals surface area contributed by atoms with Gasteiger partial charge in [0.15, 0.2) is 5.43 Å². The molecule has 3 aromatic rings. The Morgan fingerprint density at radius 1 is 1.03 bits per heavy atom. The molecule has 0 aliphatic rings. The molecule has 0 aliphatic heterocycles. The summed E-state index contributed by atoms with van der Waals surface area (Å²) < 4.78 is 0. The van der Waals surface area contributed by atoms with Gasteiger partial charge in [0.25, 0.3) is 0 Å². The number of fused-ring (bicyclic) bond motifs is 1. The summed E-state index contributed by atoms with van der Waals surface area (Å²) in [7, 11) is 0. The number of hydrogen-bond acceptors (Lipinski definition) is 2. The van der Waals surface area contributed by atoms with Crippen LogP contribution in [0.5, 0.6) is 0 Å². The maximum Gasteiger partial charge on any atom is 0.188 e. The number of benzene rings is 1. The highest BCUT2D eigenvalue weighted by molar-refractivity contribution is 5.83.